The monoisotopic (exact) mass is 339 g/mol. The van der Waals surface area contributed by atoms with E-state index in [1.165, 1.54) is 6.08 Å². The van der Waals surface area contributed by atoms with Crippen molar-refractivity contribution in [3.05, 3.63) is 35.7 Å². The van der Waals surface area contributed by atoms with E-state index in [9.17, 15) is 18.0 Å². The van der Waals surface area contributed by atoms with Crippen LogP contribution in [0.3, 0.4) is 0 Å². The summed E-state index contributed by atoms with van der Waals surface area (Å²) in [6.45, 7) is 3.51. The molecule has 0 unspecified atom stereocenters. The van der Waals surface area contributed by atoms with E-state index in [2.05, 4.69) is 16.7 Å². The van der Waals surface area contributed by atoms with Crippen molar-refractivity contribution in [1.29, 1.82) is 0 Å². The highest BCUT2D eigenvalue weighted by Gasteiger charge is 2.35. The lowest BCUT2D eigenvalue weighted by Gasteiger charge is -2.23. The second-order valence-corrected chi connectivity index (χ2v) is 5.91. The minimum Gasteiger partial charge on any atom is -0.336 e. The molecular formula is C16H16F3N3O2. The number of pyridine rings is 1. The molecule has 0 bridgehead atoms. The van der Waals surface area contributed by atoms with Crippen LogP contribution in [0.15, 0.2) is 23.2 Å². The minimum absolute atomic E-state index is 0.145. The molecule has 1 saturated carbocycles. The third-order valence-corrected chi connectivity index (χ3v) is 3.87. The van der Waals surface area contributed by atoms with Gasteiger partial charge in [0, 0.05) is 18.2 Å². The fourth-order valence-corrected chi connectivity index (χ4v) is 2.63. The van der Waals surface area contributed by atoms with E-state index in [-0.39, 0.29) is 23.7 Å². The normalized spacial score (nSPS) is 14.8. The number of nitrogens with zero attached hydrogens (tertiary/aromatic N) is 3. The average molecular weight is 339 g/mol. The number of aromatic nitrogens is 2. The Morgan fingerprint density at radius 1 is 1.50 bits per heavy atom. The Kier molecular flexibility index (Phi) is 4.06. The summed E-state index contributed by atoms with van der Waals surface area (Å²) >= 11 is 0. The topological polar surface area (TPSA) is 59.2 Å². The molecule has 3 rings (SSSR count). The number of hydrogen-bond acceptors (Lipinski definition) is 4. The van der Waals surface area contributed by atoms with E-state index in [1.54, 1.807) is 13.0 Å². The number of carbonyl (C=O) groups excluding carboxylic acids is 1. The fraction of sp³-hybridized carbons (Fsp3) is 0.438. The molecule has 1 fully saturated rings. The summed E-state index contributed by atoms with van der Waals surface area (Å²) in [6.07, 6.45) is -1.34. The van der Waals surface area contributed by atoms with Crippen LogP contribution >= 0.6 is 0 Å². The molecule has 2 heterocycles. The summed E-state index contributed by atoms with van der Waals surface area (Å²) < 4.78 is 43.5. The average Bonchev–Trinajstić information content (AvgIpc) is 3.28. The van der Waals surface area contributed by atoms with Gasteiger partial charge in [-0.15, -0.1) is 6.58 Å². The third kappa shape index (κ3) is 3.27. The fourth-order valence-electron chi connectivity index (χ4n) is 2.63. The lowest BCUT2D eigenvalue weighted by molar-refractivity contribution is -0.139. The SMILES string of the molecule is C=CCN(CC(F)(F)F)C(=O)c1cc(C2CC2)nc2onc(C)c12. The molecule has 128 valence electrons. The number of fused-ring (bicyclic) bond motifs is 1. The lowest BCUT2D eigenvalue weighted by atomic mass is 10.1. The van der Waals surface area contributed by atoms with Crippen LogP contribution in [0.25, 0.3) is 11.1 Å². The summed E-state index contributed by atoms with van der Waals surface area (Å²) in [5.41, 5.74) is 1.42. The van der Waals surface area contributed by atoms with Gasteiger partial charge in [-0.3, -0.25) is 4.79 Å². The Morgan fingerprint density at radius 2 is 2.21 bits per heavy atom. The summed E-state index contributed by atoms with van der Waals surface area (Å²) in [6, 6.07) is 1.57. The van der Waals surface area contributed by atoms with E-state index in [0.717, 1.165) is 12.8 Å². The van der Waals surface area contributed by atoms with Gasteiger partial charge in [0.15, 0.2) is 0 Å². The van der Waals surface area contributed by atoms with Gasteiger partial charge in [0.25, 0.3) is 11.6 Å². The van der Waals surface area contributed by atoms with Crippen molar-refractivity contribution >= 4 is 17.0 Å². The van der Waals surface area contributed by atoms with Crippen LogP contribution in [0, 0.1) is 6.92 Å². The van der Waals surface area contributed by atoms with Crippen molar-refractivity contribution in [2.75, 3.05) is 13.1 Å². The summed E-state index contributed by atoms with van der Waals surface area (Å²) in [7, 11) is 0. The molecule has 1 aliphatic carbocycles. The van der Waals surface area contributed by atoms with Gasteiger partial charge in [-0.2, -0.15) is 13.2 Å². The molecule has 0 N–H and O–H groups in total. The number of hydrogen-bond donors (Lipinski definition) is 0. The molecule has 0 aliphatic heterocycles. The van der Waals surface area contributed by atoms with Crippen molar-refractivity contribution in [2.24, 2.45) is 0 Å². The molecule has 2 aromatic rings. The highest BCUT2D eigenvalue weighted by Crippen LogP contribution is 2.40. The van der Waals surface area contributed by atoms with Gasteiger partial charge in [0.2, 0.25) is 0 Å². The molecule has 0 spiro atoms. The zero-order valence-corrected chi connectivity index (χ0v) is 13.1. The van der Waals surface area contributed by atoms with E-state index < -0.39 is 18.6 Å². The van der Waals surface area contributed by atoms with E-state index in [0.29, 0.717) is 21.7 Å². The van der Waals surface area contributed by atoms with E-state index in [1.807, 2.05) is 0 Å². The van der Waals surface area contributed by atoms with E-state index in [4.69, 9.17) is 4.52 Å². The van der Waals surface area contributed by atoms with Crippen LogP contribution in [0.2, 0.25) is 0 Å². The number of aryl methyl sites for hydroxylation is 1. The number of alkyl halides is 3. The largest absolute Gasteiger partial charge is 0.406 e. The molecule has 0 atom stereocenters. The van der Waals surface area contributed by atoms with Gasteiger partial charge in [-0.1, -0.05) is 11.2 Å². The van der Waals surface area contributed by atoms with Gasteiger partial charge >= 0.3 is 6.18 Å². The molecule has 8 heteroatoms. The van der Waals surface area contributed by atoms with Gasteiger partial charge in [0.1, 0.15) is 6.54 Å². The first-order chi connectivity index (χ1) is 11.3. The Balaban J connectivity index is 2.06. The minimum atomic E-state index is -4.49. The van der Waals surface area contributed by atoms with Crippen LogP contribution in [0.5, 0.6) is 0 Å². The maximum atomic E-state index is 12.8. The Morgan fingerprint density at radius 3 is 2.79 bits per heavy atom. The zero-order valence-electron chi connectivity index (χ0n) is 13.1. The second-order valence-electron chi connectivity index (χ2n) is 5.91. The maximum absolute atomic E-state index is 12.8. The Hall–Kier alpha value is -2.38. The van der Waals surface area contributed by atoms with Crippen LogP contribution in [-0.4, -0.2) is 40.2 Å². The highest BCUT2D eigenvalue weighted by molar-refractivity contribution is 6.06. The lowest BCUT2D eigenvalue weighted by Crippen LogP contribution is -2.39. The highest BCUT2D eigenvalue weighted by atomic mass is 19.4. The predicted octanol–water partition coefficient (Wildman–Crippen LogP) is 3.60. The van der Waals surface area contributed by atoms with Crippen molar-refractivity contribution < 1.29 is 22.5 Å². The van der Waals surface area contributed by atoms with Gasteiger partial charge < -0.3 is 9.42 Å². The smallest absolute Gasteiger partial charge is 0.336 e. The first-order valence-electron chi connectivity index (χ1n) is 7.54. The number of carbonyl (C=O) groups is 1. The molecule has 24 heavy (non-hydrogen) atoms. The number of halogens is 3. The van der Waals surface area contributed by atoms with Crippen LogP contribution in [0.1, 0.15) is 40.5 Å². The third-order valence-electron chi connectivity index (χ3n) is 3.87. The number of amides is 1. The first kappa shape index (κ1) is 16.5. The van der Waals surface area contributed by atoms with Crippen molar-refractivity contribution in [3.8, 4) is 0 Å². The molecule has 0 aromatic carbocycles. The molecular weight excluding hydrogens is 323 g/mol. The Labute approximate surface area is 136 Å². The van der Waals surface area contributed by atoms with Crippen molar-refractivity contribution in [3.63, 3.8) is 0 Å². The van der Waals surface area contributed by atoms with Crippen LogP contribution in [0.4, 0.5) is 13.2 Å². The number of rotatable bonds is 5. The maximum Gasteiger partial charge on any atom is 0.406 e. The Bertz CT molecular complexity index is 794. The van der Waals surface area contributed by atoms with Crippen LogP contribution in [-0.2, 0) is 0 Å². The van der Waals surface area contributed by atoms with Gasteiger partial charge in [-0.25, -0.2) is 4.98 Å². The molecule has 0 radical (unpaired) electrons. The first-order valence-corrected chi connectivity index (χ1v) is 7.54. The molecule has 5 nitrogen and oxygen atoms in total. The molecule has 1 aliphatic rings. The summed E-state index contributed by atoms with van der Waals surface area (Å²) in [5, 5.41) is 4.15. The standard InChI is InChI=1S/C16H16F3N3O2/c1-3-6-22(8-16(17,18)19)15(23)11-7-12(10-4-5-10)20-14-13(11)9(2)21-24-14/h3,7,10H,1,4-6,8H2,2H3. The van der Waals surface area contributed by atoms with E-state index >= 15 is 0 Å². The molecule has 2 aromatic heterocycles. The quantitative estimate of drug-likeness (QED) is 0.781. The predicted molar refractivity (Wildman–Crippen MR) is 80.7 cm³/mol. The van der Waals surface area contributed by atoms with Crippen LogP contribution < -0.4 is 0 Å². The van der Waals surface area contributed by atoms with Gasteiger partial charge in [0.05, 0.1) is 16.6 Å². The molecule has 1 amide bonds. The van der Waals surface area contributed by atoms with Crippen molar-refractivity contribution in [2.45, 2.75) is 31.9 Å². The van der Waals surface area contributed by atoms with Crippen molar-refractivity contribution in [1.82, 2.24) is 15.0 Å². The van der Waals surface area contributed by atoms with Gasteiger partial charge in [-0.05, 0) is 25.8 Å². The second kappa shape index (κ2) is 5.92. The summed E-state index contributed by atoms with van der Waals surface area (Å²) in [4.78, 5) is 17.8. The zero-order chi connectivity index (χ0) is 17.5. The summed E-state index contributed by atoms with van der Waals surface area (Å²) in [5.74, 6) is -0.505. The molecule has 0 saturated heterocycles.